The Balaban J connectivity index is 2.09. The number of benzene rings is 1. The first-order valence-electron chi connectivity index (χ1n) is 5.46. The third-order valence-electron chi connectivity index (χ3n) is 2.63. The Morgan fingerprint density at radius 2 is 2.33 bits per heavy atom. The van der Waals surface area contributed by atoms with E-state index in [4.69, 9.17) is 16.5 Å². The van der Waals surface area contributed by atoms with Crippen LogP contribution in [0.15, 0.2) is 24.3 Å². The first-order valence-corrected chi connectivity index (χ1v) is 5.84. The molecule has 1 saturated carbocycles. The minimum atomic E-state index is 0.203. The van der Waals surface area contributed by atoms with Crippen LogP contribution in [-0.4, -0.2) is 6.10 Å². The molecule has 0 heterocycles. The molecule has 1 fully saturated rings. The molecule has 2 nitrogen and oxygen atoms in total. The molecule has 0 bridgehead atoms. The molecular weight excluding hydrogens is 210 g/mol. The molecule has 1 aromatic carbocycles. The smallest absolute Gasteiger partial charge is 0.120 e. The number of hydrogen-bond acceptors (Lipinski definition) is 2. The van der Waals surface area contributed by atoms with Gasteiger partial charge in [0.15, 0.2) is 0 Å². The zero-order chi connectivity index (χ0) is 10.7. The molecule has 1 aliphatic carbocycles. The quantitative estimate of drug-likeness (QED) is 0.776. The maximum atomic E-state index is 5.73. The van der Waals surface area contributed by atoms with E-state index in [0.29, 0.717) is 6.10 Å². The highest BCUT2D eigenvalue weighted by Crippen LogP contribution is 2.28. The summed E-state index contributed by atoms with van der Waals surface area (Å²) in [6.45, 7) is 2.11. The van der Waals surface area contributed by atoms with Gasteiger partial charge in [-0.25, -0.2) is 4.84 Å². The largest absolute Gasteiger partial charge is 0.490 e. The number of ether oxygens (including phenoxy) is 1. The highest BCUT2D eigenvalue weighted by molar-refractivity contribution is 6.13. The lowest BCUT2D eigenvalue weighted by atomic mass is 10.1. The summed E-state index contributed by atoms with van der Waals surface area (Å²) in [7, 11) is 0. The van der Waals surface area contributed by atoms with E-state index in [0.717, 1.165) is 12.2 Å². The summed E-state index contributed by atoms with van der Waals surface area (Å²) < 4.78 is 5.73. The van der Waals surface area contributed by atoms with Crippen LogP contribution in [0.4, 0.5) is 0 Å². The molecule has 0 aromatic heterocycles. The topological polar surface area (TPSA) is 21.3 Å². The summed E-state index contributed by atoms with van der Waals surface area (Å²) in [6, 6.07) is 8.37. The van der Waals surface area contributed by atoms with E-state index in [-0.39, 0.29) is 6.04 Å². The minimum Gasteiger partial charge on any atom is -0.490 e. The van der Waals surface area contributed by atoms with Gasteiger partial charge in [-0.2, -0.15) is 0 Å². The molecule has 0 saturated heterocycles. The van der Waals surface area contributed by atoms with Crippen molar-refractivity contribution in [2.24, 2.45) is 0 Å². The van der Waals surface area contributed by atoms with Crippen molar-refractivity contribution in [3.8, 4) is 5.75 Å². The third-order valence-corrected chi connectivity index (χ3v) is 2.89. The van der Waals surface area contributed by atoms with Gasteiger partial charge < -0.3 is 4.74 Å². The molecule has 3 heteroatoms. The van der Waals surface area contributed by atoms with E-state index in [2.05, 4.69) is 23.9 Å². The number of halogens is 1. The molecule has 0 aliphatic heterocycles. The van der Waals surface area contributed by atoms with Crippen LogP contribution in [0.5, 0.6) is 5.75 Å². The zero-order valence-corrected chi connectivity index (χ0v) is 9.63. The lowest BCUT2D eigenvalue weighted by Gasteiger charge is -2.14. The van der Waals surface area contributed by atoms with Gasteiger partial charge >= 0.3 is 0 Å². The van der Waals surface area contributed by atoms with Crippen molar-refractivity contribution in [3.63, 3.8) is 0 Å². The Morgan fingerprint density at radius 1 is 1.53 bits per heavy atom. The van der Waals surface area contributed by atoms with Gasteiger partial charge in [0.1, 0.15) is 5.75 Å². The predicted molar refractivity (Wildman–Crippen MR) is 62.1 cm³/mol. The van der Waals surface area contributed by atoms with Crippen LogP contribution < -0.4 is 9.57 Å². The van der Waals surface area contributed by atoms with Crippen molar-refractivity contribution in [1.82, 2.24) is 4.84 Å². The van der Waals surface area contributed by atoms with Crippen LogP contribution >= 0.6 is 11.8 Å². The highest BCUT2D eigenvalue weighted by Gasteiger charge is 2.23. The van der Waals surface area contributed by atoms with Crippen molar-refractivity contribution in [2.45, 2.75) is 38.3 Å². The number of rotatable bonds is 5. The van der Waals surface area contributed by atoms with Gasteiger partial charge in [-0.3, -0.25) is 0 Å². The van der Waals surface area contributed by atoms with E-state index in [1.165, 1.54) is 18.4 Å². The van der Waals surface area contributed by atoms with Gasteiger partial charge in [-0.05, 0) is 48.7 Å². The van der Waals surface area contributed by atoms with E-state index in [9.17, 15) is 0 Å². The van der Waals surface area contributed by atoms with Gasteiger partial charge in [0.05, 0.1) is 6.10 Å². The monoisotopic (exact) mass is 225 g/mol. The van der Waals surface area contributed by atoms with Crippen molar-refractivity contribution in [1.29, 1.82) is 0 Å². The van der Waals surface area contributed by atoms with E-state index in [1.54, 1.807) is 0 Å². The molecule has 0 radical (unpaired) electrons. The fourth-order valence-electron chi connectivity index (χ4n) is 1.56. The fraction of sp³-hybridized carbons (Fsp3) is 0.500. The molecule has 82 valence electrons. The predicted octanol–water partition coefficient (Wildman–Crippen LogP) is 3.42. The lowest BCUT2D eigenvalue weighted by molar-refractivity contribution is 0.302. The van der Waals surface area contributed by atoms with E-state index >= 15 is 0 Å². The molecule has 0 amide bonds. The maximum absolute atomic E-state index is 5.73. The molecule has 1 aliphatic rings. The van der Waals surface area contributed by atoms with Crippen LogP contribution in [-0.2, 0) is 0 Å². The highest BCUT2D eigenvalue weighted by atomic mass is 35.5. The summed E-state index contributed by atoms with van der Waals surface area (Å²) in [5, 5.41) is 0. The first kappa shape index (κ1) is 10.8. The molecule has 1 atom stereocenters. The second kappa shape index (κ2) is 4.86. The second-order valence-electron chi connectivity index (χ2n) is 3.96. The molecule has 15 heavy (non-hydrogen) atoms. The Kier molecular flexibility index (Phi) is 3.49. The van der Waals surface area contributed by atoms with Gasteiger partial charge in [-0.1, -0.05) is 19.1 Å². The van der Waals surface area contributed by atoms with E-state index in [1.807, 2.05) is 12.1 Å². The van der Waals surface area contributed by atoms with Crippen LogP contribution in [0.25, 0.3) is 0 Å². The Bertz CT molecular complexity index is 321. The minimum absolute atomic E-state index is 0.203. The average Bonchev–Trinajstić information content (AvgIpc) is 3.04. The van der Waals surface area contributed by atoms with Crippen molar-refractivity contribution >= 4 is 11.8 Å². The van der Waals surface area contributed by atoms with Crippen LogP contribution in [0.3, 0.4) is 0 Å². The molecule has 0 spiro atoms. The van der Waals surface area contributed by atoms with Crippen molar-refractivity contribution in [3.05, 3.63) is 29.8 Å². The van der Waals surface area contributed by atoms with Crippen molar-refractivity contribution < 1.29 is 4.74 Å². The molecular formula is C12H16ClNO. The Morgan fingerprint density at radius 3 is 2.93 bits per heavy atom. The van der Waals surface area contributed by atoms with Crippen molar-refractivity contribution in [2.75, 3.05) is 0 Å². The lowest BCUT2D eigenvalue weighted by Crippen LogP contribution is -2.10. The van der Waals surface area contributed by atoms with Gasteiger partial charge in [0.25, 0.3) is 0 Å². The van der Waals surface area contributed by atoms with Gasteiger partial charge in [0, 0.05) is 6.04 Å². The number of nitrogens with one attached hydrogen (secondary N) is 1. The van der Waals surface area contributed by atoms with Crippen LogP contribution in [0, 0.1) is 0 Å². The standard InChI is InChI=1S/C12H16ClNO/c1-2-12(14-13)9-4-3-5-11(8-9)15-10-6-7-10/h3-5,8,10,12,14H,2,6-7H2,1H3/t12-/m1/s1. The molecule has 1 aromatic rings. The fourth-order valence-corrected chi connectivity index (χ4v) is 1.84. The maximum Gasteiger partial charge on any atom is 0.120 e. The number of hydrogen-bond donors (Lipinski definition) is 1. The first-order chi connectivity index (χ1) is 7.33. The van der Waals surface area contributed by atoms with Crippen LogP contribution in [0.2, 0.25) is 0 Å². The average molecular weight is 226 g/mol. The summed E-state index contributed by atoms with van der Waals surface area (Å²) in [4.78, 5) is 2.78. The van der Waals surface area contributed by atoms with Crippen LogP contribution in [0.1, 0.15) is 37.8 Å². The SMILES string of the molecule is CC[C@@H](NCl)c1cccc(OC2CC2)c1. The zero-order valence-electron chi connectivity index (χ0n) is 8.87. The Labute approximate surface area is 95.7 Å². The summed E-state index contributed by atoms with van der Waals surface area (Å²) in [6.07, 6.45) is 3.80. The third kappa shape index (κ3) is 2.86. The second-order valence-corrected chi connectivity index (χ2v) is 4.18. The molecule has 0 unspecified atom stereocenters. The van der Waals surface area contributed by atoms with Gasteiger partial charge in [-0.15, -0.1) is 0 Å². The summed E-state index contributed by atoms with van der Waals surface area (Å²) >= 11 is 5.68. The summed E-state index contributed by atoms with van der Waals surface area (Å²) in [5.74, 6) is 0.959. The van der Waals surface area contributed by atoms with E-state index < -0.39 is 0 Å². The summed E-state index contributed by atoms with van der Waals surface area (Å²) in [5.41, 5.74) is 1.19. The van der Waals surface area contributed by atoms with Gasteiger partial charge in [0.2, 0.25) is 0 Å². The normalized spacial score (nSPS) is 17.5. The molecule has 1 N–H and O–H groups in total. The molecule has 2 rings (SSSR count). The Hall–Kier alpha value is -0.730.